The van der Waals surface area contributed by atoms with Crippen LogP contribution in [0.25, 0.3) is 0 Å². The number of hydrogen-bond acceptors (Lipinski definition) is 1. The van der Waals surface area contributed by atoms with Crippen LogP contribution in [0.3, 0.4) is 0 Å². The molecule has 1 atom stereocenters. The van der Waals surface area contributed by atoms with Gasteiger partial charge in [0.15, 0.2) is 0 Å². The lowest BCUT2D eigenvalue weighted by Gasteiger charge is -2.20. The van der Waals surface area contributed by atoms with Gasteiger partial charge in [0.25, 0.3) is 0 Å². The molecule has 106 valence electrons. The van der Waals surface area contributed by atoms with E-state index < -0.39 is 0 Å². The van der Waals surface area contributed by atoms with Crippen molar-refractivity contribution in [3.05, 3.63) is 41.9 Å². The van der Waals surface area contributed by atoms with Gasteiger partial charge in [-0.1, -0.05) is 33.8 Å². The molecule has 0 aromatic heterocycles. The molecule has 0 spiro atoms. The summed E-state index contributed by atoms with van der Waals surface area (Å²) in [5.74, 6) is 2.32. The molecule has 1 aromatic rings. The number of benzene rings is 1. The Bertz CT molecular complexity index is 423. The fraction of sp³-hybridized carbons (Fsp3) is 0.529. The first kappa shape index (κ1) is 15.7. The molecule has 0 saturated carbocycles. The fourth-order valence-corrected chi connectivity index (χ4v) is 2.08. The summed E-state index contributed by atoms with van der Waals surface area (Å²) < 4.78 is 18.9. The van der Waals surface area contributed by atoms with E-state index in [1.807, 2.05) is 6.92 Å². The molecule has 0 aliphatic rings. The van der Waals surface area contributed by atoms with Gasteiger partial charge in [-0.25, -0.2) is 4.39 Å². The number of hydrogen-bond donors (Lipinski definition) is 0. The van der Waals surface area contributed by atoms with E-state index >= 15 is 0 Å². The molecule has 0 radical (unpaired) electrons. The maximum Gasteiger partial charge on any atom is 0.130 e. The third kappa shape index (κ3) is 5.06. The van der Waals surface area contributed by atoms with Crippen LogP contribution in [0.4, 0.5) is 4.39 Å². The lowest BCUT2D eigenvalue weighted by molar-refractivity contribution is 0.316. The summed E-state index contributed by atoms with van der Waals surface area (Å²) in [4.78, 5) is 0. The molecule has 0 bridgehead atoms. The zero-order chi connectivity index (χ0) is 14.4. The molecule has 0 heterocycles. The normalized spacial score (nSPS) is 12.5. The van der Waals surface area contributed by atoms with E-state index in [0.717, 1.165) is 24.2 Å². The minimum absolute atomic E-state index is 0.234. The Morgan fingerprint density at radius 3 is 2.53 bits per heavy atom. The Morgan fingerprint density at radius 1 is 1.32 bits per heavy atom. The Kier molecular flexibility index (Phi) is 6.07. The highest BCUT2D eigenvalue weighted by atomic mass is 19.1. The number of ether oxygens (including phenoxy) is 1. The van der Waals surface area contributed by atoms with Crippen molar-refractivity contribution in [1.82, 2.24) is 0 Å². The molecule has 0 saturated heterocycles. The van der Waals surface area contributed by atoms with Gasteiger partial charge in [0.05, 0.1) is 5.76 Å². The second-order valence-corrected chi connectivity index (χ2v) is 5.55. The van der Waals surface area contributed by atoms with Gasteiger partial charge in [0.1, 0.15) is 11.6 Å². The summed E-state index contributed by atoms with van der Waals surface area (Å²) in [5, 5.41) is 0. The predicted octanol–water partition coefficient (Wildman–Crippen LogP) is 5.49. The van der Waals surface area contributed by atoms with Crippen molar-refractivity contribution in [3.8, 4) is 5.75 Å². The Morgan fingerprint density at radius 2 is 2.00 bits per heavy atom. The second kappa shape index (κ2) is 7.32. The van der Waals surface area contributed by atoms with Gasteiger partial charge in [-0.3, -0.25) is 0 Å². The largest absolute Gasteiger partial charge is 0.462 e. The van der Waals surface area contributed by atoms with Crippen molar-refractivity contribution < 1.29 is 9.13 Å². The van der Waals surface area contributed by atoms with Crippen molar-refractivity contribution >= 4 is 0 Å². The van der Waals surface area contributed by atoms with Gasteiger partial charge < -0.3 is 4.74 Å². The van der Waals surface area contributed by atoms with Crippen molar-refractivity contribution in [2.45, 2.75) is 47.0 Å². The minimum atomic E-state index is -0.234. The van der Waals surface area contributed by atoms with E-state index in [0.29, 0.717) is 17.6 Å². The molecular weight excluding hydrogens is 239 g/mol. The predicted molar refractivity (Wildman–Crippen MR) is 78.8 cm³/mol. The van der Waals surface area contributed by atoms with E-state index in [1.165, 1.54) is 18.6 Å². The van der Waals surface area contributed by atoms with E-state index in [9.17, 15) is 4.39 Å². The summed E-state index contributed by atoms with van der Waals surface area (Å²) in [6.07, 6.45) is 3.28. The molecule has 1 aromatic carbocycles. The molecule has 0 fully saturated rings. The first-order valence-corrected chi connectivity index (χ1v) is 7.06. The van der Waals surface area contributed by atoms with Crippen LogP contribution < -0.4 is 4.74 Å². The van der Waals surface area contributed by atoms with Crippen LogP contribution >= 0.6 is 0 Å². The number of allylic oxidation sites excluding steroid dienone is 1. The van der Waals surface area contributed by atoms with Crippen molar-refractivity contribution in [2.24, 2.45) is 11.8 Å². The van der Waals surface area contributed by atoms with Crippen molar-refractivity contribution in [3.63, 3.8) is 0 Å². The zero-order valence-electron chi connectivity index (χ0n) is 12.5. The Balaban J connectivity index is 2.66. The number of rotatable bonds is 7. The molecule has 1 nitrogen and oxygen atoms in total. The zero-order valence-corrected chi connectivity index (χ0v) is 12.5. The molecule has 1 unspecified atom stereocenters. The van der Waals surface area contributed by atoms with E-state index in [4.69, 9.17) is 4.74 Å². The quantitative estimate of drug-likeness (QED) is 0.592. The third-order valence-electron chi connectivity index (χ3n) is 3.42. The van der Waals surface area contributed by atoms with Crippen LogP contribution in [0.5, 0.6) is 5.75 Å². The SMILES string of the molecule is C=C(Oc1ccc(F)cc1C)C(CC)CCC(C)C. The van der Waals surface area contributed by atoms with Crippen LogP contribution in [0.2, 0.25) is 0 Å². The van der Waals surface area contributed by atoms with E-state index in [-0.39, 0.29) is 5.82 Å². The van der Waals surface area contributed by atoms with Gasteiger partial charge >= 0.3 is 0 Å². The summed E-state index contributed by atoms with van der Waals surface area (Å²) >= 11 is 0. The standard InChI is InChI=1S/C17H25FO/c1-6-15(8-7-12(2)3)14(5)19-17-10-9-16(18)11-13(17)4/h9-12,15H,5-8H2,1-4H3. The summed E-state index contributed by atoms with van der Waals surface area (Å²) in [7, 11) is 0. The topological polar surface area (TPSA) is 9.23 Å². The van der Waals surface area contributed by atoms with Crippen LogP contribution in [0.1, 0.15) is 45.6 Å². The van der Waals surface area contributed by atoms with Gasteiger partial charge in [-0.05, 0) is 49.4 Å². The smallest absolute Gasteiger partial charge is 0.130 e. The molecule has 0 amide bonds. The van der Waals surface area contributed by atoms with Gasteiger partial charge in [-0.2, -0.15) is 0 Å². The van der Waals surface area contributed by atoms with Crippen LogP contribution in [0.15, 0.2) is 30.5 Å². The lowest BCUT2D eigenvalue weighted by Crippen LogP contribution is -2.10. The van der Waals surface area contributed by atoms with Crippen LogP contribution in [0, 0.1) is 24.6 Å². The summed E-state index contributed by atoms with van der Waals surface area (Å²) in [6, 6.07) is 4.58. The monoisotopic (exact) mass is 264 g/mol. The molecule has 0 N–H and O–H groups in total. The molecule has 1 rings (SSSR count). The highest BCUT2D eigenvalue weighted by Crippen LogP contribution is 2.27. The summed E-state index contributed by atoms with van der Waals surface area (Å²) in [6.45, 7) is 12.5. The average Bonchev–Trinajstić information content (AvgIpc) is 2.33. The third-order valence-corrected chi connectivity index (χ3v) is 3.42. The van der Waals surface area contributed by atoms with Gasteiger partial charge in [0.2, 0.25) is 0 Å². The fourth-order valence-electron chi connectivity index (χ4n) is 2.08. The molecule has 2 heteroatoms. The highest BCUT2D eigenvalue weighted by molar-refractivity contribution is 5.33. The van der Waals surface area contributed by atoms with Gasteiger partial charge in [-0.15, -0.1) is 0 Å². The van der Waals surface area contributed by atoms with Gasteiger partial charge in [0, 0.05) is 5.92 Å². The first-order chi connectivity index (χ1) is 8.93. The highest BCUT2D eigenvalue weighted by Gasteiger charge is 2.14. The molecule has 0 aliphatic heterocycles. The van der Waals surface area contributed by atoms with Crippen LogP contribution in [-0.4, -0.2) is 0 Å². The molecule has 19 heavy (non-hydrogen) atoms. The molecular formula is C17H25FO. The van der Waals surface area contributed by atoms with E-state index in [2.05, 4.69) is 27.4 Å². The molecule has 0 aliphatic carbocycles. The van der Waals surface area contributed by atoms with Crippen molar-refractivity contribution in [2.75, 3.05) is 0 Å². The average molecular weight is 264 g/mol. The van der Waals surface area contributed by atoms with Crippen LogP contribution in [-0.2, 0) is 0 Å². The van der Waals surface area contributed by atoms with E-state index in [1.54, 1.807) is 6.07 Å². The first-order valence-electron chi connectivity index (χ1n) is 7.06. The summed E-state index contributed by atoms with van der Waals surface area (Å²) in [5.41, 5.74) is 0.805. The maximum absolute atomic E-state index is 13.0. The van der Waals surface area contributed by atoms with Crippen molar-refractivity contribution in [1.29, 1.82) is 0 Å². The second-order valence-electron chi connectivity index (χ2n) is 5.55. The lowest BCUT2D eigenvalue weighted by atomic mass is 9.94. The number of aryl methyl sites for hydroxylation is 1. The number of halogens is 1. The Hall–Kier alpha value is -1.31. The minimum Gasteiger partial charge on any atom is -0.462 e. The Labute approximate surface area is 116 Å². The maximum atomic E-state index is 13.0.